The molecule has 1 saturated heterocycles. The van der Waals surface area contributed by atoms with Gasteiger partial charge in [0.2, 0.25) is 15.9 Å². The Balaban J connectivity index is 1.26. The minimum absolute atomic E-state index is 0.0247. The molecule has 1 heterocycles. The number of carbonyl (C=O) groups is 2. The van der Waals surface area contributed by atoms with Crippen LogP contribution in [0.4, 0.5) is 0 Å². The number of hydrogen-bond acceptors (Lipinski definition) is 4. The van der Waals surface area contributed by atoms with Gasteiger partial charge < -0.3 is 9.80 Å². The van der Waals surface area contributed by atoms with Crippen LogP contribution in [0.2, 0.25) is 0 Å². The molecule has 0 atom stereocenters. The van der Waals surface area contributed by atoms with Crippen LogP contribution in [0.5, 0.6) is 0 Å². The predicted molar refractivity (Wildman–Crippen MR) is 132 cm³/mol. The van der Waals surface area contributed by atoms with E-state index >= 15 is 0 Å². The number of benzene rings is 3. The van der Waals surface area contributed by atoms with Crippen LogP contribution in [0, 0.1) is 0 Å². The molecular weight excluding hydrogens is 450 g/mol. The third-order valence-corrected chi connectivity index (χ3v) is 7.65. The van der Waals surface area contributed by atoms with Crippen molar-refractivity contribution in [2.24, 2.45) is 0 Å². The summed E-state index contributed by atoms with van der Waals surface area (Å²) in [6.45, 7) is 3.90. The molecule has 4 rings (SSSR count). The number of carbonyl (C=O) groups excluding carboxylic acids is 2. The number of hydrogen-bond donors (Lipinski definition) is 1. The van der Waals surface area contributed by atoms with Gasteiger partial charge in [0, 0.05) is 44.7 Å². The van der Waals surface area contributed by atoms with E-state index in [0.717, 1.165) is 17.2 Å². The van der Waals surface area contributed by atoms with E-state index in [1.807, 2.05) is 48.5 Å². The number of aryl methyl sites for hydroxylation is 1. The van der Waals surface area contributed by atoms with Gasteiger partial charge in [-0.1, -0.05) is 49.4 Å². The van der Waals surface area contributed by atoms with Gasteiger partial charge in [0.15, 0.2) is 0 Å². The van der Waals surface area contributed by atoms with Crippen molar-refractivity contribution in [3.63, 3.8) is 0 Å². The highest BCUT2D eigenvalue weighted by Gasteiger charge is 2.25. The molecular formula is C26H29N3O4S. The van der Waals surface area contributed by atoms with Gasteiger partial charge in [-0.25, -0.2) is 13.1 Å². The molecule has 34 heavy (non-hydrogen) atoms. The Hall–Kier alpha value is -3.23. The molecule has 0 spiro atoms. The first-order valence-electron chi connectivity index (χ1n) is 11.5. The molecule has 1 N–H and O–H groups in total. The van der Waals surface area contributed by atoms with Gasteiger partial charge >= 0.3 is 0 Å². The van der Waals surface area contributed by atoms with Crippen molar-refractivity contribution in [1.82, 2.24) is 14.5 Å². The first kappa shape index (κ1) is 23.9. The summed E-state index contributed by atoms with van der Waals surface area (Å²) in [5.74, 6) is -0.154. The van der Waals surface area contributed by atoms with Crippen LogP contribution in [-0.4, -0.2) is 62.8 Å². The van der Waals surface area contributed by atoms with Crippen LogP contribution in [0.3, 0.4) is 0 Å². The summed E-state index contributed by atoms with van der Waals surface area (Å²) in [6.07, 6.45) is 0.993. The molecule has 0 bridgehead atoms. The van der Waals surface area contributed by atoms with Crippen LogP contribution in [0.25, 0.3) is 10.8 Å². The van der Waals surface area contributed by atoms with Crippen molar-refractivity contribution in [2.75, 3.05) is 32.7 Å². The van der Waals surface area contributed by atoms with E-state index in [1.54, 1.807) is 28.0 Å². The molecule has 0 saturated carbocycles. The average Bonchev–Trinajstić information content (AvgIpc) is 2.88. The normalized spacial score (nSPS) is 14.4. The SMILES string of the molecule is CCc1ccc(C(=O)N2CCN(C(=O)CCNS(=O)(=O)c3ccc4ccccc4c3)CC2)cc1. The molecule has 0 aromatic heterocycles. The second-order valence-corrected chi connectivity index (χ2v) is 10.1. The van der Waals surface area contributed by atoms with Gasteiger partial charge in [-0.3, -0.25) is 9.59 Å². The van der Waals surface area contributed by atoms with Crippen molar-refractivity contribution in [2.45, 2.75) is 24.7 Å². The quantitative estimate of drug-likeness (QED) is 0.564. The fourth-order valence-electron chi connectivity index (χ4n) is 4.09. The minimum Gasteiger partial charge on any atom is -0.339 e. The molecule has 0 unspecified atom stereocenters. The lowest BCUT2D eigenvalue weighted by Gasteiger charge is -2.35. The maximum atomic E-state index is 12.7. The van der Waals surface area contributed by atoms with Crippen LogP contribution in [0.1, 0.15) is 29.3 Å². The van der Waals surface area contributed by atoms with Crippen LogP contribution >= 0.6 is 0 Å². The molecule has 178 valence electrons. The topological polar surface area (TPSA) is 86.8 Å². The fraction of sp³-hybridized carbons (Fsp3) is 0.308. The van der Waals surface area contributed by atoms with Crippen molar-refractivity contribution in [1.29, 1.82) is 0 Å². The van der Waals surface area contributed by atoms with Crippen molar-refractivity contribution in [3.05, 3.63) is 77.9 Å². The van der Waals surface area contributed by atoms with Gasteiger partial charge in [0.25, 0.3) is 5.91 Å². The predicted octanol–water partition coefficient (Wildman–Crippen LogP) is 3.06. The Morgan fingerprint density at radius 2 is 1.50 bits per heavy atom. The maximum Gasteiger partial charge on any atom is 0.253 e. The second-order valence-electron chi connectivity index (χ2n) is 8.38. The number of fused-ring (bicyclic) bond motifs is 1. The van der Waals surface area contributed by atoms with Gasteiger partial charge in [0.05, 0.1) is 4.90 Å². The number of amides is 2. The molecule has 1 fully saturated rings. The number of sulfonamides is 1. The van der Waals surface area contributed by atoms with E-state index in [-0.39, 0.29) is 29.7 Å². The molecule has 3 aromatic rings. The van der Waals surface area contributed by atoms with Crippen molar-refractivity contribution >= 4 is 32.6 Å². The standard InChI is InChI=1S/C26H29N3O4S/c1-2-20-7-9-22(10-8-20)26(31)29-17-15-28(16-18-29)25(30)13-14-27-34(32,33)24-12-11-21-5-3-4-6-23(21)19-24/h3-12,19,27H,2,13-18H2,1H3. The van der Waals surface area contributed by atoms with E-state index in [1.165, 1.54) is 5.56 Å². The van der Waals surface area contributed by atoms with E-state index in [9.17, 15) is 18.0 Å². The molecule has 1 aliphatic heterocycles. The highest BCUT2D eigenvalue weighted by molar-refractivity contribution is 7.89. The smallest absolute Gasteiger partial charge is 0.253 e. The monoisotopic (exact) mass is 479 g/mol. The van der Waals surface area contributed by atoms with E-state index in [0.29, 0.717) is 31.7 Å². The molecule has 2 amide bonds. The van der Waals surface area contributed by atoms with Crippen molar-refractivity contribution < 1.29 is 18.0 Å². The zero-order valence-corrected chi connectivity index (χ0v) is 20.1. The van der Waals surface area contributed by atoms with E-state index < -0.39 is 10.0 Å². The Morgan fingerprint density at radius 3 is 2.18 bits per heavy atom. The summed E-state index contributed by atoms with van der Waals surface area (Å²) in [5.41, 5.74) is 1.84. The summed E-state index contributed by atoms with van der Waals surface area (Å²) < 4.78 is 27.8. The van der Waals surface area contributed by atoms with Crippen LogP contribution in [-0.2, 0) is 21.2 Å². The zero-order valence-electron chi connectivity index (χ0n) is 19.2. The molecule has 0 aliphatic carbocycles. The highest BCUT2D eigenvalue weighted by Crippen LogP contribution is 2.19. The Labute approximate surface area is 200 Å². The molecule has 8 heteroatoms. The molecule has 1 aliphatic rings. The van der Waals surface area contributed by atoms with Crippen LogP contribution in [0.15, 0.2) is 71.6 Å². The number of rotatable bonds is 7. The fourth-order valence-corrected chi connectivity index (χ4v) is 5.16. The summed E-state index contributed by atoms with van der Waals surface area (Å²) in [7, 11) is -3.71. The average molecular weight is 480 g/mol. The molecule has 3 aromatic carbocycles. The first-order chi connectivity index (χ1) is 16.4. The van der Waals surface area contributed by atoms with E-state index in [2.05, 4.69) is 11.6 Å². The maximum absolute atomic E-state index is 12.7. The summed E-state index contributed by atoms with van der Waals surface area (Å²) in [4.78, 5) is 28.9. The van der Waals surface area contributed by atoms with Gasteiger partial charge in [-0.15, -0.1) is 0 Å². The lowest BCUT2D eigenvalue weighted by molar-refractivity contribution is -0.132. The van der Waals surface area contributed by atoms with Gasteiger partial charge in [-0.05, 0) is 47.0 Å². The first-order valence-corrected chi connectivity index (χ1v) is 13.0. The third-order valence-electron chi connectivity index (χ3n) is 6.19. The summed E-state index contributed by atoms with van der Waals surface area (Å²) >= 11 is 0. The van der Waals surface area contributed by atoms with Gasteiger partial charge in [0.1, 0.15) is 0 Å². The molecule has 7 nitrogen and oxygen atoms in total. The number of nitrogens with one attached hydrogen (secondary N) is 1. The Bertz CT molecular complexity index is 1280. The summed E-state index contributed by atoms with van der Waals surface area (Å²) in [5, 5.41) is 1.81. The number of piperazine rings is 1. The van der Waals surface area contributed by atoms with Gasteiger partial charge in [-0.2, -0.15) is 0 Å². The second kappa shape index (κ2) is 10.4. The lowest BCUT2D eigenvalue weighted by atomic mass is 10.1. The summed E-state index contributed by atoms with van der Waals surface area (Å²) in [6, 6.07) is 20.1. The largest absolute Gasteiger partial charge is 0.339 e. The minimum atomic E-state index is -3.71. The third kappa shape index (κ3) is 5.46. The van der Waals surface area contributed by atoms with Crippen molar-refractivity contribution in [3.8, 4) is 0 Å². The number of nitrogens with zero attached hydrogens (tertiary/aromatic N) is 2. The Kier molecular flexibility index (Phi) is 7.29. The lowest BCUT2D eigenvalue weighted by Crippen LogP contribution is -2.51. The highest BCUT2D eigenvalue weighted by atomic mass is 32.2. The van der Waals surface area contributed by atoms with Crippen LogP contribution < -0.4 is 4.72 Å². The van der Waals surface area contributed by atoms with E-state index in [4.69, 9.17) is 0 Å². The zero-order chi connectivity index (χ0) is 24.1. The Morgan fingerprint density at radius 1 is 0.853 bits per heavy atom. The molecule has 0 radical (unpaired) electrons.